The van der Waals surface area contributed by atoms with Gasteiger partial charge in [-0.15, -0.1) is 0 Å². The van der Waals surface area contributed by atoms with E-state index >= 15 is 0 Å². The second-order valence-corrected chi connectivity index (χ2v) is 5.14. The van der Waals surface area contributed by atoms with Gasteiger partial charge in [0, 0.05) is 6.54 Å². The van der Waals surface area contributed by atoms with Crippen LogP contribution in [0.3, 0.4) is 0 Å². The highest BCUT2D eigenvalue weighted by Crippen LogP contribution is 2.22. The minimum absolute atomic E-state index is 0.0309. The molecule has 0 aromatic rings. The molecule has 1 aliphatic heterocycles. The van der Waals surface area contributed by atoms with Crippen molar-refractivity contribution in [1.82, 2.24) is 4.90 Å². The Balaban J connectivity index is 2.69. The molecule has 1 atom stereocenters. The van der Waals surface area contributed by atoms with Crippen LogP contribution in [-0.4, -0.2) is 39.6 Å². The number of halogens is 1. The summed E-state index contributed by atoms with van der Waals surface area (Å²) in [7, 11) is 0. The molecule has 0 bridgehead atoms. The molecule has 0 aromatic heterocycles. The maximum absolute atomic E-state index is 11.8. The Bertz CT molecular complexity index is 299. The quantitative estimate of drug-likeness (QED) is 0.440. The van der Waals surface area contributed by atoms with Crippen molar-refractivity contribution in [2.24, 2.45) is 5.16 Å². The summed E-state index contributed by atoms with van der Waals surface area (Å²) in [6.45, 7) is 5.98. The number of carbonyl (C=O) groups is 1. The molecule has 16 heavy (non-hydrogen) atoms. The van der Waals surface area contributed by atoms with Crippen molar-refractivity contribution in [1.29, 1.82) is 0 Å². The Morgan fingerprint density at radius 3 is 2.69 bits per heavy atom. The SMILES string of the molecule is CC(C)(C)OC(=O)N1CCC[C@@H]1/C(Cl)=N/O. The van der Waals surface area contributed by atoms with Crippen LogP contribution in [0.1, 0.15) is 33.6 Å². The molecule has 0 radical (unpaired) electrons. The van der Waals surface area contributed by atoms with Crippen molar-refractivity contribution in [2.45, 2.75) is 45.3 Å². The molecule has 1 aliphatic rings. The molecule has 0 aromatic carbocycles. The number of rotatable bonds is 1. The molecule has 1 amide bonds. The highest BCUT2D eigenvalue weighted by atomic mass is 35.5. The zero-order valence-corrected chi connectivity index (χ0v) is 10.5. The average molecular weight is 249 g/mol. The first-order valence-corrected chi connectivity index (χ1v) is 5.60. The first-order valence-electron chi connectivity index (χ1n) is 5.22. The predicted molar refractivity (Wildman–Crippen MR) is 61.0 cm³/mol. The number of nitrogens with zero attached hydrogens (tertiary/aromatic N) is 2. The summed E-state index contributed by atoms with van der Waals surface area (Å²) in [5.74, 6) is 0. The largest absolute Gasteiger partial charge is 0.444 e. The summed E-state index contributed by atoms with van der Waals surface area (Å²) in [6.07, 6.45) is 1.11. The van der Waals surface area contributed by atoms with Gasteiger partial charge in [-0.3, -0.25) is 4.90 Å². The number of hydrogen-bond acceptors (Lipinski definition) is 4. The first-order chi connectivity index (χ1) is 7.35. The fourth-order valence-electron chi connectivity index (χ4n) is 1.62. The smallest absolute Gasteiger partial charge is 0.410 e. The third kappa shape index (κ3) is 3.27. The molecular formula is C10H17ClN2O3. The van der Waals surface area contributed by atoms with Gasteiger partial charge in [0.25, 0.3) is 0 Å². The molecule has 0 aliphatic carbocycles. The normalized spacial score (nSPS) is 22.4. The Labute approximate surface area is 100.0 Å². The predicted octanol–water partition coefficient (Wildman–Crippen LogP) is 2.41. The summed E-state index contributed by atoms with van der Waals surface area (Å²) in [4.78, 5) is 13.3. The van der Waals surface area contributed by atoms with E-state index in [1.807, 2.05) is 0 Å². The molecule has 1 fully saturated rings. The Morgan fingerprint density at radius 1 is 1.56 bits per heavy atom. The Kier molecular flexibility index (Phi) is 4.02. The van der Waals surface area contributed by atoms with Crippen molar-refractivity contribution in [2.75, 3.05) is 6.54 Å². The van der Waals surface area contributed by atoms with Crippen molar-refractivity contribution in [3.05, 3.63) is 0 Å². The van der Waals surface area contributed by atoms with Gasteiger partial charge in [-0.25, -0.2) is 4.79 Å². The topological polar surface area (TPSA) is 62.1 Å². The van der Waals surface area contributed by atoms with Gasteiger partial charge in [-0.1, -0.05) is 16.8 Å². The fourth-order valence-corrected chi connectivity index (χ4v) is 1.85. The Hall–Kier alpha value is -0.970. The molecular weight excluding hydrogens is 232 g/mol. The van der Waals surface area contributed by atoms with Crippen LogP contribution in [0.25, 0.3) is 0 Å². The van der Waals surface area contributed by atoms with Gasteiger partial charge in [0.15, 0.2) is 5.17 Å². The minimum Gasteiger partial charge on any atom is -0.444 e. The van der Waals surface area contributed by atoms with Crippen LogP contribution < -0.4 is 0 Å². The van der Waals surface area contributed by atoms with Gasteiger partial charge in [0.2, 0.25) is 0 Å². The number of oxime groups is 1. The number of carbonyl (C=O) groups excluding carboxylic acids is 1. The lowest BCUT2D eigenvalue weighted by Gasteiger charge is -2.27. The number of amides is 1. The molecule has 0 spiro atoms. The molecule has 5 nitrogen and oxygen atoms in total. The highest BCUT2D eigenvalue weighted by Gasteiger charge is 2.34. The molecule has 0 unspecified atom stereocenters. The number of ether oxygens (including phenoxy) is 1. The maximum Gasteiger partial charge on any atom is 0.410 e. The third-order valence-electron chi connectivity index (χ3n) is 2.25. The second-order valence-electron chi connectivity index (χ2n) is 4.75. The summed E-state index contributed by atoms with van der Waals surface area (Å²) in [5, 5.41) is 11.6. The maximum atomic E-state index is 11.8. The van der Waals surface area contributed by atoms with E-state index in [4.69, 9.17) is 21.5 Å². The average Bonchev–Trinajstić information content (AvgIpc) is 2.62. The van der Waals surface area contributed by atoms with Gasteiger partial charge in [-0.05, 0) is 33.6 Å². The molecule has 1 rings (SSSR count). The standard InChI is InChI=1S/C10H17ClN2O3/c1-10(2,3)16-9(14)13-6-4-5-7(13)8(11)12-15/h7,15H,4-6H2,1-3H3/b12-8-/t7-/m1/s1. The molecule has 0 saturated carbocycles. The van der Waals surface area contributed by atoms with Crippen LogP contribution in [0, 0.1) is 0 Å². The molecule has 1 saturated heterocycles. The van der Waals surface area contributed by atoms with Crippen LogP contribution in [0.5, 0.6) is 0 Å². The van der Waals surface area contributed by atoms with E-state index in [0.29, 0.717) is 13.0 Å². The van der Waals surface area contributed by atoms with E-state index in [2.05, 4.69) is 5.16 Å². The van der Waals surface area contributed by atoms with Crippen LogP contribution in [0.4, 0.5) is 4.79 Å². The van der Waals surface area contributed by atoms with Crippen LogP contribution in [0.2, 0.25) is 0 Å². The van der Waals surface area contributed by atoms with Gasteiger partial charge in [0.05, 0.1) is 6.04 Å². The van der Waals surface area contributed by atoms with E-state index in [9.17, 15) is 4.79 Å². The van der Waals surface area contributed by atoms with E-state index in [1.54, 1.807) is 20.8 Å². The van der Waals surface area contributed by atoms with Gasteiger partial charge in [-0.2, -0.15) is 0 Å². The van der Waals surface area contributed by atoms with Crippen LogP contribution >= 0.6 is 11.6 Å². The zero-order chi connectivity index (χ0) is 12.3. The lowest BCUT2D eigenvalue weighted by molar-refractivity contribution is 0.0266. The van der Waals surface area contributed by atoms with Crippen LogP contribution in [-0.2, 0) is 4.74 Å². The zero-order valence-electron chi connectivity index (χ0n) is 9.73. The van der Waals surface area contributed by atoms with Crippen molar-refractivity contribution >= 4 is 22.9 Å². The van der Waals surface area contributed by atoms with Crippen molar-refractivity contribution in [3.8, 4) is 0 Å². The van der Waals surface area contributed by atoms with Crippen LogP contribution in [0.15, 0.2) is 5.16 Å². The van der Waals surface area contributed by atoms with E-state index in [1.165, 1.54) is 4.90 Å². The summed E-state index contributed by atoms with van der Waals surface area (Å²) in [6, 6.07) is -0.360. The lowest BCUT2D eigenvalue weighted by Crippen LogP contribution is -2.42. The summed E-state index contributed by atoms with van der Waals surface area (Å²) in [5.41, 5.74) is -0.535. The molecule has 1 heterocycles. The second kappa shape index (κ2) is 4.91. The van der Waals surface area contributed by atoms with E-state index in [0.717, 1.165) is 6.42 Å². The monoisotopic (exact) mass is 248 g/mol. The van der Waals surface area contributed by atoms with Gasteiger partial charge < -0.3 is 9.94 Å². The van der Waals surface area contributed by atoms with Crippen molar-refractivity contribution in [3.63, 3.8) is 0 Å². The summed E-state index contributed by atoms with van der Waals surface area (Å²) >= 11 is 5.73. The molecule has 6 heteroatoms. The lowest BCUT2D eigenvalue weighted by atomic mass is 10.2. The van der Waals surface area contributed by atoms with E-state index in [-0.39, 0.29) is 11.2 Å². The summed E-state index contributed by atoms with van der Waals surface area (Å²) < 4.78 is 5.24. The third-order valence-corrected chi connectivity index (χ3v) is 2.58. The Morgan fingerprint density at radius 2 is 2.19 bits per heavy atom. The van der Waals surface area contributed by atoms with Gasteiger partial charge >= 0.3 is 6.09 Å². The number of likely N-dealkylation sites (tertiary alicyclic amines) is 1. The first kappa shape index (κ1) is 13.1. The minimum atomic E-state index is -0.535. The van der Waals surface area contributed by atoms with E-state index < -0.39 is 11.7 Å². The fraction of sp³-hybridized carbons (Fsp3) is 0.800. The molecule has 92 valence electrons. The number of hydrogen-bond donors (Lipinski definition) is 1. The van der Waals surface area contributed by atoms with Gasteiger partial charge in [0.1, 0.15) is 5.60 Å². The van der Waals surface area contributed by atoms with Crippen molar-refractivity contribution < 1.29 is 14.7 Å². The molecule has 1 N–H and O–H groups in total. The highest BCUT2D eigenvalue weighted by molar-refractivity contribution is 6.66.